The largest absolute Gasteiger partial charge is 0.228 e. The zero-order valence-electron chi connectivity index (χ0n) is 71.1. The third kappa shape index (κ3) is 11.9. The van der Waals surface area contributed by atoms with E-state index in [9.17, 15) is 0 Å². The average molecular weight is 1740 g/mol. The van der Waals surface area contributed by atoms with Crippen LogP contribution in [-0.2, 0) is 0 Å². The van der Waals surface area contributed by atoms with Crippen molar-refractivity contribution in [3.8, 4) is 124 Å². The summed E-state index contributed by atoms with van der Waals surface area (Å²) >= 11 is 5.65. The lowest BCUT2D eigenvalue weighted by Crippen LogP contribution is -2.01. The third-order valence-corrected chi connectivity index (χ3v) is 30.6. The van der Waals surface area contributed by atoms with E-state index in [2.05, 4.69) is 346 Å². The molecule has 30 rings (SSSR count). The lowest BCUT2D eigenvalue weighted by atomic mass is 9.87. The van der Waals surface area contributed by atoms with Crippen LogP contribution < -0.4 is 0 Å². The molecule has 0 bridgehead atoms. The third-order valence-electron chi connectivity index (χ3n) is 27.0. The monoisotopic (exact) mass is 1740 g/mol. The summed E-state index contributed by atoms with van der Waals surface area (Å²) in [6, 6.07) is 147. The van der Waals surface area contributed by atoms with Crippen molar-refractivity contribution in [2.24, 2.45) is 0 Å². The molecule has 0 fully saturated rings. The van der Waals surface area contributed by atoms with Crippen molar-refractivity contribution in [2.75, 3.05) is 0 Å². The summed E-state index contributed by atoms with van der Waals surface area (Å²) in [5.41, 5.74) is 17.0. The molecule has 0 aliphatic heterocycles. The van der Waals surface area contributed by atoms with Gasteiger partial charge in [0.05, 0.1) is 11.2 Å². The highest BCUT2D eigenvalue weighted by molar-refractivity contribution is 7.27. The Labute approximate surface area is 773 Å². The van der Waals surface area contributed by atoms with Crippen LogP contribution in [0.15, 0.2) is 413 Å². The van der Waals surface area contributed by atoms with Gasteiger partial charge in [0.1, 0.15) is 0 Å². The fraction of sp³-hybridized carbons (Fsp3) is 0. The van der Waals surface area contributed by atoms with Gasteiger partial charge in [-0.05, 0) is 168 Å². The molecule has 0 saturated carbocycles. The van der Waals surface area contributed by atoms with E-state index in [0.29, 0.717) is 34.9 Å². The molecule has 0 saturated heterocycles. The molecule has 0 aliphatic rings. The van der Waals surface area contributed by atoms with Crippen molar-refractivity contribution in [1.29, 1.82) is 0 Å². The van der Waals surface area contributed by atoms with Crippen molar-refractivity contribution in [3.63, 3.8) is 0 Å². The number of hydrogen-bond donors (Lipinski definition) is 0. The van der Waals surface area contributed by atoms with Gasteiger partial charge in [-0.2, -0.15) is 0 Å². The summed E-state index contributed by atoms with van der Waals surface area (Å²) in [7, 11) is 0. The van der Waals surface area contributed by atoms with Crippen LogP contribution in [0, 0.1) is 0 Å². The van der Waals surface area contributed by atoms with E-state index in [-0.39, 0.29) is 0 Å². The van der Waals surface area contributed by atoms with E-state index in [1.807, 2.05) is 101 Å². The van der Waals surface area contributed by atoms with Crippen molar-refractivity contribution in [2.45, 2.75) is 0 Å². The molecule has 6 aromatic heterocycles. The molecule has 0 N–H and O–H groups in total. The zero-order valence-corrected chi connectivity index (χ0v) is 73.5. The number of thiophene rings is 3. The van der Waals surface area contributed by atoms with Gasteiger partial charge in [-0.1, -0.05) is 364 Å². The van der Waals surface area contributed by atoms with Crippen LogP contribution in [0.3, 0.4) is 0 Å². The van der Waals surface area contributed by atoms with Gasteiger partial charge >= 0.3 is 0 Å². The average Bonchev–Trinajstić information content (AvgIpc) is 1.59. The SMILES string of the molecule is c1ccc(-c2ccc(-c3nc(-c4ccccc4)nc(-c4cccc(-c5cc6ccc7cccc8c9cccc%10sc5c(c%109)c6c78)c4)n3)cc2)cc1.c1ccc(-c2nc(-c3cc4ccc5cccc6c7cccc8sc3c(c87)c4c56)nc3ccccc23)cc1.c1ccc(-c2nc(-c3ccccc3)nc(-c3ccccc3-c3cc4ccc5cccc6c7cccc8sc3c(c87)c4c56)n2)cc1. The first kappa shape index (κ1) is 75.2. The second kappa shape index (κ2) is 29.9. The van der Waals surface area contributed by atoms with Gasteiger partial charge in [0, 0.05) is 122 Å². The highest BCUT2D eigenvalue weighted by Gasteiger charge is 2.29. The molecule has 0 spiro atoms. The van der Waals surface area contributed by atoms with Crippen LogP contribution >= 0.6 is 34.0 Å². The Morgan fingerprint density at radius 1 is 0.143 bits per heavy atom. The molecule has 0 unspecified atom stereocenters. The first-order valence-corrected chi connectivity index (χ1v) is 47.3. The summed E-state index contributed by atoms with van der Waals surface area (Å²) in [5.74, 6) is 4.74. The van der Waals surface area contributed by atoms with Crippen LogP contribution in [0.1, 0.15) is 0 Å². The predicted octanol–water partition coefficient (Wildman–Crippen LogP) is 33.8. The van der Waals surface area contributed by atoms with Crippen LogP contribution in [-0.4, -0.2) is 39.9 Å². The Hall–Kier alpha value is -16.8. The van der Waals surface area contributed by atoms with E-state index in [4.69, 9.17) is 39.9 Å². The fourth-order valence-corrected chi connectivity index (χ4v) is 24.9. The van der Waals surface area contributed by atoms with Gasteiger partial charge in [-0.15, -0.1) is 34.0 Å². The van der Waals surface area contributed by atoms with Gasteiger partial charge in [-0.3, -0.25) is 0 Å². The van der Waals surface area contributed by atoms with E-state index >= 15 is 0 Å². The molecular formula is C122H68N8S3. The Balaban J connectivity index is 0.000000101. The molecule has 614 valence electrons. The minimum Gasteiger partial charge on any atom is -0.228 e. The number of hydrogen-bond acceptors (Lipinski definition) is 11. The minimum absolute atomic E-state index is 0.652. The molecule has 133 heavy (non-hydrogen) atoms. The molecule has 0 amide bonds. The number of nitrogens with zero attached hydrogens (tertiary/aromatic N) is 8. The Morgan fingerprint density at radius 2 is 0.451 bits per heavy atom. The lowest BCUT2D eigenvalue weighted by Gasteiger charge is -2.17. The topological polar surface area (TPSA) is 103 Å². The van der Waals surface area contributed by atoms with Gasteiger partial charge in [-0.25, -0.2) is 39.9 Å². The van der Waals surface area contributed by atoms with E-state index < -0.39 is 0 Å². The quantitative estimate of drug-likeness (QED) is 0.0932. The molecule has 6 heterocycles. The van der Waals surface area contributed by atoms with Crippen LogP contribution in [0.2, 0.25) is 0 Å². The predicted molar refractivity (Wildman–Crippen MR) is 562 cm³/mol. The number of fused-ring (bicyclic) bond motifs is 4. The highest BCUT2D eigenvalue weighted by atomic mass is 32.1. The molecule has 11 heteroatoms. The minimum atomic E-state index is 0.652. The Bertz CT molecular complexity index is 9770. The Morgan fingerprint density at radius 3 is 0.932 bits per heavy atom. The molecule has 0 radical (unpaired) electrons. The number of rotatable bonds is 11. The Kier molecular flexibility index (Phi) is 16.9. The van der Waals surface area contributed by atoms with Crippen LogP contribution in [0.5, 0.6) is 0 Å². The van der Waals surface area contributed by atoms with E-state index in [1.54, 1.807) is 0 Å². The van der Waals surface area contributed by atoms with Crippen molar-refractivity contribution in [3.05, 3.63) is 413 Å². The molecule has 8 nitrogen and oxygen atoms in total. The first-order chi connectivity index (χ1) is 65.9. The van der Waals surface area contributed by atoms with Crippen molar-refractivity contribution >= 4 is 202 Å². The van der Waals surface area contributed by atoms with Gasteiger partial charge in [0.25, 0.3) is 0 Å². The molecule has 0 atom stereocenters. The van der Waals surface area contributed by atoms with Gasteiger partial charge < -0.3 is 0 Å². The summed E-state index contributed by atoms with van der Waals surface area (Å²) < 4.78 is 7.86. The maximum atomic E-state index is 5.24. The van der Waals surface area contributed by atoms with E-state index in [0.717, 1.165) is 83.6 Å². The van der Waals surface area contributed by atoms with Gasteiger partial charge in [0.15, 0.2) is 40.8 Å². The molecule has 30 aromatic rings. The molecular weight excluding hydrogens is 1670 g/mol. The molecule has 0 aliphatic carbocycles. The summed E-state index contributed by atoms with van der Waals surface area (Å²) in [6.45, 7) is 0. The number of benzene rings is 24. The maximum Gasteiger partial charge on any atom is 0.164 e. The van der Waals surface area contributed by atoms with Crippen LogP contribution in [0.4, 0.5) is 0 Å². The zero-order chi connectivity index (χ0) is 87.0. The van der Waals surface area contributed by atoms with Gasteiger partial charge in [0.2, 0.25) is 0 Å². The van der Waals surface area contributed by atoms with Crippen molar-refractivity contribution < 1.29 is 0 Å². The summed E-state index contributed by atoms with van der Waals surface area (Å²) in [6.07, 6.45) is 0. The number of aromatic nitrogens is 8. The first-order valence-electron chi connectivity index (χ1n) is 44.8. The number of para-hydroxylation sites is 1. The standard InChI is InChI=1S/C47H27N3S.C41H23N3S.C34H18N2S/c1-3-10-28(11-4-1)29-20-23-32(24-21-29)46-48-45(31-12-5-2-6-13-31)49-47(50-46)35-16-7-15-33(26-35)38-27-34-25-22-30-14-8-17-36-37-18-9-19-39-42(37)43(44(38)51-39)41(34)40(30)36;1-3-11-25(12-4-1)39-42-40(26-13-5-2-6-14-26)44-41(43-39)31-17-8-7-16-28(31)32-23-27-22-21-24-15-9-18-29-30-19-10-20-33-36(30)37(38(32)45-33)35(27)34(24)29;1-2-8-20(9-3-1)32-24-11-4-5-14-26(24)35-34(36-32)25-18-21-17-16-19-10-6-12-22-23-13-7-15-27-30(23)31(33(25)37-27)29(21)28(19)22/h1-27H;1-23H;1-18H. The second-order valence-corrected chi connectivity index (χ2v) is 37.6. The second-order valence-electron chi connectivity index (χ2n) is 34.5. The lowest BCUT2D eigenvalue weighted by molar-refractivity contribution is 1.07. The van der Waals surface area contributed by atoms with E-state index in [1.165, 1.54) is 174 Å². The van der Waals surface area contributed by atoms with Crippen molar-refractivity contribution in [1.82, 2.24) is 39.9 Å². The molecule has 24 aromatic carbocycles. The summed E-state index contributed by atoms with van der Waals surface area (Å²) in [4.78, 5) is 40.7. The maximum absolute atomic E-state index is 5.24. The highest BCUT2D eigenvalue weighted by Crippen LogP contribution is 2.56. The smallest absolute Gasteiger partial charge is 0.164 e. The fourth-order valence-electron chi connectivity index (χ4n) is 21.1. The van der Waals surface area contributed by atoms with Crippen LogP contribution in [0.25, 0.3) is 293 Å². The normalized spacial score (nSPS) is 12.1. The summed E-state index contributed by atoms with van der Waals surface area (Å²) in [5, 5.41) is 33.1.